The SMILES string of the molecule is O=C(CCC1CCN(C[C@@H]2CC=CCC2)CC1)NCc1ccc(F)cc1. The number of nitrogens with zero attached hydrogens (tertiary/aromatic N) is 1. The number of piperidine rings is 1. The van der Waals surface area contributed by atoms with Crippen molar-refractivity contribution in [3.05, 3.63) is 47.8 Å². The number of carbonyl (C=O) groups excluding carboxylic acids is 1. The molecule has 3 nitrogen and oxygen atoms in total. The molecule has 1 heterocycles. The Morgan fingerprint density at radius 3 is 2.54 bits per heavy atom. The molecule has 1 atom stereocenters. The zero-order valence-electron chi connectivity index (χ0n) is 15.6. The highest BCUT2D eigenvalue weighted by atomic mass is 19.1. The molecule has 0 bridgehead atoms. The summed E-state index contributed by atoms with van der Waals surface area (Å²) in [6.07, 6.45) is 12.5. The summed E-state index contributed by atoms with van der Waals surface area (Å²) in [6, 6.07) is 6.29. The quantitative estimate of drug-likeness (QED) is 0.738. The van der Waals surface area contributed by atoms with Crippen LogP contribution in [0.15, 0.2) is 36.4 Å². The lowest BCUT2D eigenvalue weighted by Gasteiger charge is -2.34. The summed E-state index contributed by atoms with van der Waals surface area (Å²) >= 11 is 0. The molecule has 2 aliphatic rings. The zero-order chi connectivity index (χ0) is 18.2. The van der Waals surface area contributed by atoms with E-state index >= 15 is 0 Å². The fourth-order valence-electron chi connectivity index (χ4n) is 4.07. The average Bonchev–Trinajstić information content (AvgIpc) is 2.68. The molecule has 0 radical (unpaired) electrons. The van der Waals surface area contributed by atoms with Gasteiger partial charge >= 0.3 is 0 Å². The Labute approximate surface area is 156 Å². The Morgan fingerprint density at radius 1 is 1.08 bits per heavy atom. The van der Waals surface area contributed by atoms with Crippen LogP contribution in [-0.2, 0) is 11.3 Å². The molecule has 0 saturated carbocycles. The normalized spacial score (nSPS) is 21.7. The van der Waals surface area contributed by atoms with E-state index in [1.54, 1.807) is 12.1 Å². The van der Waals surface area contributed by atoms with Crippen molar-refractivity contribution < 1.29 is 9.18 Å². The van der Waals surface area contributed by atoms with Crippen LogP contribution < -0.4 is 5.32 Å². The number of hydrogen-bond donors (Lipinski definition) is 1. The Morgan fingerprint density at radius 2 is 1.85 bits per heavy atom. The molecule has 0 spiro atoms. The lowest BCUT2D eigenvalue weighted by Crippen LogP contribution is -2.37. The van der Waals surface area contributed by atoms with Gasteiger partial charge in [-0.25, -0.2) is 4.39 Å². The lowest BCUT2D eigenvalue weighted by atomic mass is 9.89. The summed E-state index contributed by atoms with van der Waals surface area (Å²) in [7, 11) is 0. The molecular weight excluding hydrogens is 327 g/mol. The summed E-state index contributed by atoms with van der Waals surface area (Å²) < 4.78 is 12.9. The summed E-state index contributed by atoms with van der Waals surface area (Å²) in [5.41, 5.74) is 0.936. The molecule has 4 heteroatoms. The molecule has 1 saturated heterocycles. The minimum atomic E-state index is -0.244. The van der Waals surface area contributed by atoms with Crippen LogP contribution in [-0.4, -0.2) is 30.4 Å². The van der Waals surface area contributed by atoms with E-state index in [2.05, 4.69) is 22.4 Å². The monoisotopic (exact) mass is 358 g/mol. The molecule has 1 aromatic carbocycles. The molecule has 0 unspecified atom stereocenters. The Bertz CT molecular complexity index is 591. The highest BCUT2D eigenvalue weighted by Gasteiger charge is 2.22. The van der Waals surface area contributed by atoms with Gasteiger partial charge in [0.2, 0.25) is 5.91 Å². The van der Waals surface area contributed by atoms with Crippen molar-refractivity contribution in [3.63, 3.8) is 0 Å². The third-order valence-electron chi connectivity index (χ3n) is 5.78. The Balaban J connectivity index is 1.28. The van der Waals surface area contributed by atoms with Crippen molar-refractivity contribution in [3.8, 4) is 0 Å². The van der Waals surface area contributed by atoms with Crippen LogP contribution in [0.3, 0.4) is 0 Å². The van der Waals surface area contributed by atoms with Crippen LogP contribution in [0.25, 0.3) is 0 Å². The van der Waals surface area contributed by atoms with Gasteiger partial charge in [0.05, 0.1) is 0 Å². The van der Waals surface area contributed by atoms with Gasteiger partial charge < -0.3 is 10.2 Å². The third-order valence-corrected chi connectivity index (χ3v) is 5.78. The maximum absolute atomic E-state index is 12.9. The number of nitrogens with one attached hydrogen (secondary N) is 1. The average molecular weight is 359 g/mol. The largest absolute Gasteiger partial charge is 0.352 e. The third kappa shape index (κ3) is 6.24. The summed E-state index contributed by atoms with van der Waals surface area (Å²) in [5, 5.41) is 2.94. The molecule has 1 N–H and O–H groups in total. The maximum atomic E-state index is 12.9. The number of allylic oxidation sites excluding steroid dienone is 2. The van der Waals surface area contributed by atoms with Crippen molar-refractivity contribution in [1.29, 1.82) is 0 Å². The number of hydrogen-bond acceptors (Lipinski definition) is 2. The number of likely N-dealkylation sites (tertiary alicyclic amines) is 1. The summed E-state index contributed by atoms with van der Waals surface area (Å²) in [5.74, 6) is 1.37. The van der Waals surface area contributed by atoms with Crippen LogP contribution in [0.4, 0.5) is 4.39 Å². The Hall–Kier alpha value is -1.68. The number of halogens is 1. The van der Waals surface area contributed by atoms with Crippen LogP contribution in [0.2, 0.25) is 0 Å². The number of amides is 1. The molecule has 1 aromatic rings. The van der Waals surface area contributed by atoms with Gasteiger partial charge in [-0.05, 0) is 81.1 Å². The molecule has 142 valence electrons. The molecule has 1 aliphatic heterocycles. The second-order valence-electron chi connectivity index (χ2n) is 7.84. The molecular formula is C22H31FN2O. The van der Waals surface area contributed by atoms with Crippen molar-refractivity contribution in [2.75, 3.05) is 19.6 Å². The van der Waals surface area contributed by atoms with E-state index in [1.165, 1.54) is 63.9 Å². The van der Waals surface area contributed by atoms with Crippen LogP contribution in [0.1, 0.15) is 50.5 Å². The van der Waals surface area contributed by atoms with Gasteiger partial charge in [0.1, 0.15) is 5.82 Å². The van der Waals surface area contributed by atoms with Gasteiger partial charge in [-0.1, -0.05) is 24.3 Å². The maximum Gasteiger partial charge on any atom is 0.220 e. The molecule has 0 aromatic heterocycles. The fraction of sp³-hybridized carbons (Fsp3) is 0.591. The second-order valence-corrected chi connectivity index (χ2v) is 7.84. The first kappa shape index (κ1) is 19.1. The molecule has 3 rings (SSSR count). The van der Waals surface area contributed by atoms with Crippen molar-refractivity contribution in [1.82, 2.24) is 10.2 Å². The smallest absolute Gasteiger partial charge is 0.220 e. The molecule has 1 aliphatic carbocycles. The standard InChI is InChI=1S/C22H31FN2O/c23-21-9-6-19(7-10-21)16-24-22(26)11-8-18-12-14-25(15-13-18)17-20-4-2-1-3-5-20/h1-2,6-7,9-10,18,20H,3-5,8,11-17H2,(H,24,26)/t20-/m1/s1. The Kier molecular flexibility index (Phi) is 7.24. The van der Waals surface area contributed by atoms with Gasteiger partial charge in [0.15, 0.2) is 0 Å². The van der Waals surface area contributed by atoms with Crippen LogP contribution in [0, 0.1) is 17.7 Å². The number of benzene rings is 1. The fourth-order valence-corrected chi connectivity index (χ4v) is 4.07. The summed E-state index contributed by atoms with van der Waals surface area (Å²) in [4.78, 5) is 14.7. The van der Waals surface area contributed by atoms with Gasteiger partial charge in [0, 0.05) is 19.5 Å². The van der Waals surface area contributed by atoms with E-state index in [1.807, 2.05) is 0 Å². The van der Waals surface area contributed by atoms with E-state index in [0.29, 0.717) is 18.9 Å². The van der Waals surface area contributed by atoms with E-state index in [0.717, 1.165) is 17.9 Å². The van der Waals surface area contributed by atoms with Crippen molar-refractivity contribution in [2.45, 2.75) is 51.5 Å². The molecule has 1 fully saturated rings. The predicted molar refractivity (Wildman–Crippen MR) is 103 cm³/mol. The van der Waals surface area contributed by atoms with E-state index in [9.17, 15) is 9.18 Å². The van der Waals surface area contributed by atoms with Gasteiger partial charge in [-0.15, -0.1) is 0 Å². The first-order chi connectivity index (χ1) is 12.7. The minimum absolute atomic E-state index is 0.103. The molecule has 1 amide bonds. The summed E-state index contributed by atoms with van der Waals surface area (Å²) in [6.45, 7) is 4.09. The van der Waals surface area contributed by atoms with Gasteiger partial charge in [-0.2, -0.15) is 0 Å². The van der Waals surface area contributed by atoms with Crippen molar-refractivity contribution >= 4 is 5.91 Å². The van der Waals surface area contributed by atoms with Gasteiger partial charge in [0.25, 0.3) is 0 Å². The van der Waals surface area contributed by atoms with E-state index < -0.39 is 0 Å². The van der Waals surface area contributed by atoms with E-state index in [4.69, 9.17) is 0 Å². The van der Waals surface area contributed by atoms with Crippen molar-refractivity contribution in [2.24, 2.45) is 11.8 Å². The first-order valence-corrected chi connectivity index (χ1v) is 10.1. The predicted octanol–water partition coefficient (Wildman–Crippen LogP) is 4.29. The zero-order valence-corrected chi connectivity index (χ0v) is 15.6. The first-order valence-electron chi connectivity index (χ1n) is 10.1. The van der Waals surface area contributed by atoms with E-state index in [-0.39, 0.29) is 11.7 Å². The van der Waals surface area contributed by atoms with Gasteiger partial charge in [-0.3, -0.25) is 4.79 Å². The second kappa shape index (κ2) is 9.86. The lowest BCUT2D eigenvalue weighted by molar-refractivity contribution is -0.121. The number of rotatable bonds is 7. The highest BCUT2D eigenvalue weighted by molar-refractivity contribution is 5.75. The number of carbonyl (C=O) groups is 1. The minimum Gasteiger partial charge on any atom is -0.352 e. The highest BCUT2D eigenvalue weighted by Crippen LogP contribution is 2.25. The topological polar surface area (TPSA) is 32.3 Å². The molecule has 26 heavy (non-hydrogen) atoms. The van der Waals surface area contributed by atoms with Crippen LogP contribution in [0.5, 0.6) is 0 Å². The van der Waals surface area contributed by atoms with Crippen LogP contribution >= 0.6 is 0 Å².